The van der Waals surface area contributed by atoms with Gasteiger partial charge in [-0.3, -0.25) is 9.59 Å². The van der Waals surface area contributed by atoms with Gasteiger partial charge in [0.1, 0.15) is 0 Å². The molecule has 0 aliphatic carbocycles. The number of esters is 1. The van der Waals surface area contributed by atoms with E-state index < -0.39 is 12.1 Å². The number of nitrogens with one attached hydrogen (secondary N) is 1. The third kappa shape index (κ3) is 65.2. The fourth-order valence-corrected chi connectivity index (χ4v) is 11.4. The van der Waals surface area contributed by atoms with Gasteiger partial charge < -0.3 is 20.3 Å². The van der Waals surface area contributed by atoms with Gasteiger partial charge in [0, 0.05) is 12.8 Å². The summed E-state index contributed by atoms with van der Waals surface area (Å²) in [7, 11) is 0. The van der Waals surface area contributed by atoms with Gasteiger partial charge in [0.2, 0.25) is 5.91 Å². The van der Waals surface area contributed by atoms with Crippen LogP contribution in [0.2, 0.25) is 0 Å². The molecule has 2 atom stereocenters. The highest BCUT2D eigenvalue weighted by Crippen LogP contribution is 2.19. The number of carbonyl (C=O) groups excluding carboxylic acids is 2. The Bertz CT molecular complexity index is 1300. The van der Waals surface area contributed by atoms with Crippen molar-refractivity contribution in [3.8, 4) is 0 Å². The predicted octanol–water partition coefficient (Wildman–Crippen LogP) is 23.5. The van der Waals surface area contributed by atoms with Crippen molar-refractivity contribution in [3.63, 3.8) is 0 Å². The SMILES string of the molecule is CCCCC/C=C\C/C=C\CCCCCCCCCC(=O)OCCCCCCCCCCCCCCCCCCCCCCCCCCCC(=O)NC(CO)C(O)/C=C/CCCCCCCCCCCCCCCCCCCCC. The molecule has 0 bridgehead atoms. The number of amides is 1. The van der Waals surface area contributed by atoms with Crippen LogP contribution in [-0.4, -0.2) is 47.4 Å². The Hall–Kier alpha value is -1.92. The molecule has 3 N–H and O–H groups in total. The summed E-state index contributed by atoms with van der Waals surface area (Å²) in [5, 5.41) is 23.3. The van der Waals surface area contributed by atoms with Crippen LogP contribution in [0.25, 0.3) is 0 Å². The third-order valence-corrected chi connectivity index (χ3v) is 16.9. The van der Waals surface area contributed by atoms with E-state index in [0.29, 0.717) is 19.4 Å². The molecule has 80 heavy (non-hydrogen) atoms. The summed E-state index contributed by atoms with van der Waals surface area (Å²) in [6.07, 6.45) is 89.4. The van der Waals surface area contributed by atoms with Gasteiger partial charge in [-0.15, -0.1) is 0 Å². The molecular weight excluding hydrogens is 983 g/mol. The molecule has 0 aromatic carbocycles. The van der Waals surface area contributed by atoms with Crippen molar-refractivity contribution in [1.29, 1.82) is 0 Å². The van der Waals surface area contributed by atoms with E-state index in [4.69, 9.17) is 4.74 Å². The summed E-state index contributed by atoms with van der Waals surface area (Å²) in [5.74, 6) is -0.0537. The van der Waals surface area contributed by atoms with Crippen molar-refractivity contribution in [3.05, 3.63) is 36.5 Å². The maximum atomic E-state index is 12.5. The number of aliphatic hydroxyl groups is 2. The zero-order valence-corrected chi connectivity index (χ0v) is 54.1. The lowest BCUT2D eigenvalue weighted by molar-refractivity contribution is -0.143. The summed E-state index contributed by atoms with van der Waals surface area (Å²) in [5.41, 5.74) is 0. The summed E-state index contributed by atoms with van der Waals surface area (Å²) < 4.78 is 5.50. The van der Waals surface area contributed by atoms with Crippen LogP contribution in [0.3, 0.4) is 0 Å². The van der Waals surface area contributed by atoms with Gasteiger partial charge in [0.05, 0.1) is 25.4 Å². The first-order chi connectivity index (χ1) is 39.5. The zero-order chi connectivity index (χ0) is 57.8. The van der Waals surface area contributed by atoms with Crippen LogP contribution >= 0.6 is 0 Å². The Balaban J connectivity index is 3.39. The first-order valence-corrected chi connectivity index (χ1v) is 36.3. The van der Waals surface area contributed by atoms with E-state index >= 15 is 0 Å². The molecule has 0 aromatic rings. The van der Waals surface area contributed by atoms with Gasteiger partial charge in [-0.2, -0.15) is 0 Å². The maximum Gasteiger partial charge on any atom is 0.305 e. The summed E-state index contributed by atoms with van der Waals surface area (Å²) in [6.45, 7) is 4.91. The van der Waals surface area contributed by atoms with E-state index in [2.05, 4.69) is 43.5 Å². The van der Waals surface area contributed by atoms with Crippen LogP contribution in [0.15, 0.2) is 36.5 Å². The number of unbranched alkanes of at least 4 members (excludes halogenated alkanes) is 53. The van der Waals surface area contributed by atoms with Gasteiger partial charge in [0.25, 0.3) is 0 Å². The Kier molecular flexibility index (Phi) is 67.9. The van der Waals surface area contributed by atoms with Crippen LogP contribution < -0.4 is 5.32 Å². The molecule has 0 saturated heterocycles. The minimum Gasteiger partial charge on any atom is -0.466 e. The number of hydrogen-bond acceptors (Lipinski definition) is 5. The highest BCUT2D eigenvalue weighted by molar-refractivity contribution is 5.76. The van der Waals surface area contributed by atoms with E-state index in [1.807, 2.05) is 6.08 Å². The normalized spacial score (nSPS) is 12.7. The van der Waals surface area contributed by atoms with Crippen LogP contribution in [0.5, 0.6) is 0 Å². The van der Waals surface area contributed by atoms with E-state index in [0.717, 1.165) is 51.4 Å². The largest absolute Gasteiger partial charge is 0.466 e. The molecule has 0 fully saturated rings. The number of rotatable bonds is 68. The Morgan fingerprint density at radius 1 is 0.350 bits per heavy atom. The standard InChI is InChI=1S/C74H141NO5/c1-3-5-7-9-11-13-15-17-19-21-22-28-31-35-38-42-46-50-54-58-62-66-72(77)71(70-76)75-73(78)67-63-59-55-51-47-43-39-36-32-29-26-24-23-25-27-30-33-37-41-45-49-53-57-61-65-69-80-74(79)68-64-60-56-52-48-44-40-34-20-18-16-14-12-10-8-6-4-2/h12,14,18,20,62,66,71-72,76-77H,3-11,13,15-17,19,21-61,63-65,67-70H2,1-2H3,(H,75,78)/b14-12-,20-18-,66-62+. The second-order valence-corrected chi connectivity index (χ2v) is 24.9. The van der Waals surface area contributed by atoms with E-state index in [-0.39, 0.29) is 18.5 Å². The van der Waals surface area contributed by atoms with E-state index in [9.17, 15) is 19.8 Å². The number of hydrogen-bond donors (Lipinski definition) is 3. The predicted molar refractivity (Wildman–Crippen MR) is 352 cm³/mol. The van der Waals surface area contributed by atoms with Gasteiger partial charge in [-0.1, -0.05) is 359 Å². The van der Waals surface area contributed by atoms with Crippen LogP contribution in [0.1, 0.15) is 399 Å². The fourth-order valence-electron chi connectivity index (χ4n) is 11.4. The average molecular weight is 1120 g/mol. The monoisotopic (exact) mass is 1120 g/mol. The van der Waals surface area contributed by atoms with Crippen molar-refractivity contribution < 1.29 is 24.5 Å². The van der Waals surface area contributed by atoms with Gasteiger partial charge in [-0.25, -0.2) is 0 Å². The Morgan fingerprint density at radius 2 is 0.625 bits per heavy atom. The topological polar surface area (TPSA) is 95.9 Å². The maximum absolute atomic E-state index is 12.5. The van der Waals surface area contributed by atoms with Crippen molar-refractivity contribution in [2.75, 3.05) is 13.2 Å². The number of ether oxygens (including phenoxy) is 1. The molecule has 0 heterocycles. The average Bonchev–Trinajstić information content (AvgIpc) is 3.46. The molecule has 2 unspecified atom stereocenters. The Labute approximate surface area is 500 Å². The second-order valence-electron chi connectivity index (χ2n) is 24.9. The molecule has 0 spiro atoms. The van der Waals surface area contributed by atoms with E-state index in [1.165, 1.54) is 321 Å². The second kappa shape index (κ2) is 69.6. The molecule has 0 radical (unpaired) electrons. The quantitative estimate of drug-likeness (QED) is 0.0320. The minimum atomic E-state index is -0.845. The van der Waals surface area contributed by atoms with Crippen molar-refractivity contribution in [2.45, 2.75) is 411 Å². The minimum absolute atomic E-state index is 0.00880. The van der Waals surface area contributed by atoms with Crippen LogP contribution in [-0.2, 0) is 14.3 Å². The molecule has 6 heteroatoms. The Morgan fingerprint density at radius 3 is 0.975 bits per heavy atom. The number of carbonyl (C=O) groups is 2. The smallest absolute Gasteiger partial charge is 0.305 e. The lowest BCUT2D eigenvalue weighted by atomic mass is 10.0. The van der Waals surface area contributed by atoms with E-state index in [1.54, 1.807) is 6.08 Å². The molecule has 472 valence electrons. The van der Waals surface area contributed by atoms with Gasteiger partial charge in [0.15, 0.2) is 0 Å². The van der Waals surface area contributed by atoms with Crippen molar-refractivity contribution >= 4 is 11.9 Å². The van der Waals surface area contributed by atoms with Crippen LogP contribution in [0.4, 0.5) is 0 Å². The molecule has 6 nitrogen and oxygen atoms in total. The van der Waals surface area contributed by atoms with Crippen LogP contribution in [0, 0.1) is 0 Å². The molecule has 1 amide bonds. The van der Waals surface area contributed by atoms with Crippen molar-refractivity contribution in [1.82, 2.24) is 5.32 Å². The fraction of sp³-hybridized carbons (Fsp3) is 0.892. The van der Waals surface area contributed by atoms with Gasteiger partial charge in [-0.05, 0) is 64.2 Å². The molecule has 0 rings (SSSR count). The third-order valence-electron chi connectivity index (χ3n) is 16.9. The first kappa shape index (κ1) is 78.1. The molecule has 0 aliphatic heterocycles. The lowest BCUT2D eigenvalue weighted by Gasteiger charge is -2.20. The summed E-state index contributed by atoms with van der Waals surface area (Å²) >= 11 is 0. The molecule has 0 aliphatic rings. The van der Waals surface area contributed by atoms with Crippen molar-refractivity contribution in [2.24, 2.45) is 0 Å². The first-order valence-electron chi connectivity index (χ1n) is 36.3. The highest BCUT2D eigenvalue weighted by atomic mass is 16.5. The summed E-state index contributed by atoms with van der Waals surface area (Å²) in [4.78, 5) is 24.6. The zero-order valence-electron chi connectivity index (χ0n) is 54.1. The highest BCUT2D eigenvalue weighted by Gasteiger charge is 2.18. The number of aliphatic hydroxyl groups excluding tert-OH is 2. The molecular formula is C74H141NO5. The lowest BCUT2D eigenvalue weighted by Crippen LogP contribution is -2.45. The number of allylic oxidation sites excluding steroid dienone is 5. The molecule has 0 aromatic heterocycles. The summed E-state index contributed by atoms with van der Waals surface area (Å²) in [6, 6.07) is -0.628. The van der Waals surface area contributed by atoms with Gasteiger partial charge >= 0.3 is 5.97 Å². The molecule has 0 saturated carbocycles.